The van der Waals surface area contributed by atoms with E-state index in [0.717, 1.165) is 35.9 Å². The number of halogens is 1. The molecule has 156 valence electrons. The van der Waals surface area contributed by atoms with Crippen LogP contribution in [0.25, 0.3) is 0 Å². The molecule has 0 saturated carbocycles. The fraction of sp³-hybridized carbons (Fsp3) is 0.381. The molecule has 0 bridgehead atoms. The highest BCUT2D eigenvalue weighted by molar-refractivity contribution is 7.89. The molecule has 2 aromatic rings. The molecule has 0 atom stereocenters. The summed E-state index contributed by atoms with van der Waals surface area (Å²) in [4.78, 5) is 4.63. The molecular weight excluding hydrogens is 408 g/mol. The maximum Gasteiger partial charge on any atom is 0.243 e. The topological polar surface area (TPSA) is 73.8 Å². The Morgan fingerprint density at radius 3 is 2.34 bits per heavy atom. The first-order chi connectivity index (χ1) is 14.0. The summed E-state index contributed by atoms with van der Waals surface area (Å²) in [5.41, 5.74) is 1.12. The number of hydrogen-bond donors (Lipinski definition) is 2. The van der Waals surface area contributed by atoms with Crippen molar-refractivity contribution in [1.82, 2.24) is 14.9 Å². The van der Waals surface area contributed by atoms with Gasteiger partial charge in [0.2, 0.25) is 10.0 Å². The minimum Gasteiger partial charge on any atom is -0.356 e. The number of rotatable bonds is 6. The second kappa shape index (κ2) is 10.1. The zero-order chi connectivity index (χ0) is 20.7. The molecule has 6 nitrogen and oxygen atoms in total. The van der Waals surface area contributed by atoms with Crippen LogP contribution in [0.4, 0.5) is 0 Å². The Hall–Kier alpha value is -2.09. The van der Waals surface area contributed by atoms with E-state index in [9.17, 15) is 8.42 Å². The van der Waals surface area contributed by atoms with Crippen molar-refractivity contribution in [2.24, 2.45) is 10.9 Å². The highest BCUT2D eigenvalue weighted by Gasteiger charge is 2.29. The van der Waals surface area contributed by atoms with Gasteiger partial charge in [-0.15, -0.1) is 0 Å². The Morgan fingerprint density at radius 2 is 1.72 bits per heavy atom. The van der Waals surface area contributed by atoms with Crippen LogP contribution < -0.4 is 10.6 Å². The monoisotopic (exact) mass is 434 g/mol. The third kappa shape index (κ3) is 5.95. The fourth-order valence-corrected chi connectivity index (χ4v) is 4.96. The van der Waals surface area contributed by atoms with Crippen molar-refractivity contribution in [1.29, 1.82) is 0 Å². The average molecular weight is 435 g/mol. The van der Waals surface area contributed by atoms with Gasteiger partial charge in [0.25, 0.3) is 0 Å². The number of nitrogens with one attached hydrogen (secondary N) is 2. The second-order valence-electron chi connectivity index (χ2n) is 7.09. The lowest BCUT2D eigenvalue weighted by Crippen LogP contribution is -2.44. The molecule has 1 heterocycles. The van der Waals surface area contributed by atoms with Crippen molar-refractivity contribution >= 4 is 27.6 Å². The van der Waals surface area contributed by atoms with Crippen LogP contribution in [-0.4, -0.2) is 45.4 Å². The van der Waals surface area contributed by atoms with Gasteiger partial charge < -0.3 is 10.6 Å². The summed E-state index contributed by atoms with van der Waals surface area (Å²) >= 11 is 5.91. The standard InChI is InChI=1S/C21H27ClN4O2S/c1-23-21(24-15-17-7-9-19(22)10-8-17)25-16-18-11-13-26(14-12-18)29(27,28)20-5-3-2-4-6-20/h2-10,18H,11-16H2,1H3,(H2,23,24,25). The molecule has 3 rings (SSSR count). The first-order valence-corrected chi connectivity index (χ1v) is 11.5. The molecule has 0 aliphatic carbocycles. The number of guanidine groups is 1. The van der Waals surface area contributed by atoms with E-state index in [4.69, 9.17) is 11.6 Å². The molecule has 0 aromatic heterocycles. The van der Waals surface area contributed by atoms with Crippen LogP contribution in [0.5, 0.6) is 0 Å². The minimum absolute atomic E-state index is 0.364. The van der Waals surface area contributed by atoms with Crippen molar-refractivity contribution in [3.05, 3.63) is 65.2 Å². The van der Waals surface area contributed by atoms with Gasteiger partial charge in [-0.1, -0.05) is 41.9 Å². The lowest BCUT2D eigenvalue weighted by Gasteiger charge is -2.31. The number of piperidine rings is 1. The molecule has 1 aliphatic rings. The Labute approximate surface area is 178 Å². The predicted octanol–water partition coefficient (Wildman–Crippen LogP) is 3.11. The first kappa shape index (κ1) is 21.6. The van der Waals surface area contributed by atoms with Crippen molar-refractivity contribution in [3.63, 3.8) is 0 Å². The van der Waals surface area contributed by atoms with E-state index in [1.54, 1.807) is 35.6 Å². The predicted molar refractivity (Wildman–Crippen MR) is 118 cm³/mol. The van der Waals surface area contributed by atoms with Crippen LogP contribution in [0.3, 0.4) is 0 Å². The van der Waals surface area contributed by atoms with Gasteiger partial charge in [0.05, 0.1) is 4.90 Å². The summed E-state index contributed by atoms with van der Waals surface area (Å²) in [7, 11) is -1.65. The van der Waals surface area contributed by atoms with Gasteiger partial charge in [-0.2, -0.15) is 4.31 Å². The number of benzene rings is 2. The lowest BCUT2D eigenvalue weighted by molar-refractivity contribution is 0.273. The van der Waals surface area contributed by atoms with Gasteiger partial charge in [0.1, 0.15) is 0 Å². The van der Waals surface area contributed by atoms with E-state index in [-0.39, 0.29) is 0 Å². The van der Waals surface area contributed by atoms with Crippen molar-refractivity contribution in [2.45, 2.75) is 24.3 Å². The quantitative estimate of drug-likeness (QED) is 0.541. The minimum atomic E-state index is -3.40. The molecule has 8 heteroatoms. The third-order valence-corrected chi connectivity index (χ3v) is 7.27. The van der Waals surface area contributed by atoms with Crippen LogP contribution >= 0.6 is 11.6 Å². The maximum atomic E-state index is 12.7. The van der Waals surface area contributed by atoms with Crippen molar-refractivity contribution < 1.29 is 8.42 Å². The molecule has 2 aromatic carbocycles. The zero-order valence-electron chi connectivity index (χ0n) is 16.5. The van der Waals surface area contributed by atoms with Crippen LogP contribution in [-0.2, 0) is 16.6 Å². The number of aliphatic imine (C=N–C) groups is 1. The highest BCUT2D eigenvalue weighted by Crippen LogP contribution is 2.23. The van der Waals surface area contributed by atoms with Gasteiger partial charge in [0, 0.05) is 38.2 Å². The van der Waals surface area contributed by atoms with Crippen LogP contribution in [0.15, 0.2) is 64.5 Å². The molecule has 1 aliphatic heterocycles. The molecule has 29 heavy (non-hydrogen) atoms. The summed E-state index contributed by atoms with van der Waals surface area (Å²) in [6, 6.07) is 16.3. The largest absolute Gasteiger partial charge is 0.356 e. The van der Waals surface area contributed by atoms with Crippen molar-refractivity contribution in [2.75, 3.05) is 26.7 Å². The summed E-state index contributed by atoms with van der Waals surface area (Å²) in [5, 5.41) is 7.36. The highest BCUT2D eigenvalue weighted by atomic mass is 35.5. The van der Waals surface area contributed by atoms with Crippen LogP contribution in [0, 0.1) is 5.92 Å². The number of sulfonamides is 1. The Kier molecular flexibility index (Phi) is 7.52. The molecular formula is C21H27ClN4O2S. The first-order valence-electron chi connectivity index (χ1n) is 9.73. The van der Waals surface area contributed by atoms with E-state index >= 15 is 0 Å². The van der Waals surface area contributed by atoms with E-state index in [2.05, 4.69) is 15.6 Å². The Balaban J connectivity index is 1.44. The summed E-state index contributed by atoms with van der Waals surface area (Å²) in [6.45, 7) is 2.50. The number of nitrogens with zero attached hydrogens (tertiary/aromatic N) is 2. The Morgan fingerprint density at radius 1 is 1.07 bits per heavy atom. The maximum absolute atomic E-state index is 12.7. The average Bonchev–Trinajstić information content (AvgIpc) is 2.76. The number of hydrogen-bond acceptors (Lipinski definition) is 3. The van der Waals surface area contributed by atoms with Crippen molar-refractivity contribution in [3.8, 4) is 0 Å². The van der Waals surface area contributed by atoms with E-state index < -0.39 is 10.0 Å². The van der Waals surface area contributed by atoms with E-state index in [1.165, 1.54) is 0 Å². The van der Waals surface area contributed by atoms with Crippen LogP contribution in [0.1, 0.15) is 18.4 Å². The normalized spacial score (nSPS) is 16.6. The van der Waals surface area contributed by atoms with E-state index in [1.807, 2.05) is 30.3 Å². The van der Waals surface area contributed by atoms with Gasteiger partial charge in [-0.3, -0.25) is 4.99 Å². The smallest absolute Gasteiger partial charge is 0.243 e. The van der Waals surface area contributed by atoms with Gasteiger partial charge in [0.15, 0.2) is 5.96 Å². The summed E-state index contributed by atoms with van der Waals surface area (Å²) < 4.78 is 27.0. The zero-order valence-corrected chi connectivity index (χ0v) is 18.1. The van der Waals surface area contributed by atoms with Gasteiger partial charge >= 0.3 is 0 Å². The molecule has 0 amide bonds. The van der Waals surface area contributed by atoms with Gasteiger partial charge in [-0.05, 0) is 48.6 Å². The summed E-state index contributed by atoms with van der Waals surface area (Å²) in [6.07, 6.45) is 1.65. The second-order valence-corrected chi connectivity index (χ2v) is 9.47. The van der Waals surface area contributed by atoms with Crippen LogP contribution in [0.2, 0.25) is 5.02 Å². The molecule has 0 spiro atoms. The van der Waals surface area contributed by atoms with E-state index in [0.29, 0.717) is 30.4 Å². The Bertz CT molecular complexity index is 909. The third-order valence-electron chi connectivity index (χ3n) is 5.11. The lowest BCUT2D eigenvalue weighted by atomic mass is 9.98. The molecule has 0 radical (unpaired) electrons. The SMILES string of the molecule is CN=C(NCc1ccc(Cl)cc1)NCC1CCN(S(=O)(=O)c2ccccc2)CC1. The molecule has 2 N–H and O–H groups in total. The molecule has 0 unspecified atom stereocenters. The molecule has 1 saturated heterocycles. The summed E-state index contributed by atoms with van der Waals surface area (Å²) in [5.74, 6) is 1.14. The van der Waals surface area contributed by atoms with Gasteiger partial charge in [-0.25, -0.2) is 8.42 Å². The molecule has 1 fully saturated rings. The fourth-order valence-electron chi connectivity index (χ4n) is 3.34.